The number of benzene rings is 1. The van der Waals surface area contributed by atoms with Crippen molar-refractivity contribution in [3.63, 3.8) is 0 Å². The molecule has 0 spiro atoms. The summed E-state index contributed by atoms with van der Waals surface area (Å²) in [6, 6.07) is 7.91. The second kappa shape index (κ2) is 6.83. The van der Waals surface area contributed by atoms with Crippen molar-refractivity contribution in [2.45, 2.75) is 20.3 Å². The lowest BCUT2D eigenvalue weighted by molar-refractivity contribution is 0.102. The SMILES string of the molecule is CCCNc1ccc(C(=O)Nc2ccc(F)c(C)c2)nc1. The van der Waals surface area contributed by atoms with Crippen molar-refractivity contribution >= 4 is 17.3 Å². The minimum absolute atomic E-state index is 0.294. The van der Waals surface area contributed by atoms with Crippen molar-refractivity contribution in [2.24, 2.45) is 0 Å². The van der Waals surface area contributed by atoms with E-state index >= 15 is 0 Å². The predicted octanol–water partition coefficient (Wildman–Crippen LogP) is 3.60. The highest BCUT2D eigenvalue weighted by Crippen LogP contribution is 2.15. The van der Waals surface area contributed by atoms with E-state index < -0.39 is 0 Å². The molecule has 21 heavy (non-hydrogen) atoms. The zero-order chi connectivity index (χ0) is 15.2. The van der Waals surface area contributed by atoms with Crippen LogP contribution in [0.4, 0.5) is 15.8 Å². The molecule has 2 aromatic rings. The molecule has 2 N–H and O–H groups in total. The number of hydrogen-bond acceptors (Lipinski definition) is 3. The molecule has 1 aromatic carbocycles. The summed E-state index contributed by atoms with van der Waals surface area (Å²) < 4.78 is 13.2. The minimum Gasteiger partial charge on any atom is -0.384 e. The van der Waals surface area contributed by atoms with Gasteiger partial charge in [0.25, 0.3) is 5.91 Å². The van der Waals surface area contributed by atoms with Crippen LogP contribution in [-0.2, 0) is 0 Å². The molecule has 0 saturated carbocycles. The third-order valence-electron chi connectivity index (χ3n) is 2.99. The van der Waals surface area contributed by atoms with Gasteiger partial charge in [-0.15, -0.1) is 0 Å². The quantitative estimate of drug-likeness (QED) is 0.883. The van der Waals surface area contributed by atoms with E-state index in [1.807, 2.05) is 6.07 Å². The van der Waals surface area contributed by atoms with Crippen molar-refractivity contribution in [2.75, 3.05) is 17.2 Å². The molecule has 0 aliphatic heterocycles. The average molecular weight is 287 g/mol. The first-order chi connectivity index (χ1) is 10.1. The Morgan fingerprint density at radius 1 is 1.24 bits per heavy atom. The Labute approximate surface area is 123 Å². The summed E-state index contributed by atoms with van der Waals surface area (Å²) in [5, 5.41) is 5.89. The Bertz CT molecular complexity index is 626. The number of rotatable bonds is 5. The third-order valence-corrected chi connectivity index (χ3v) is 2.99. The highest BCUT2D eigenvalue weighted by Gasteiger charge is 2.08. The minimum atomic E-state index is -0.317. The van der Waals surface area contributed by atoms with E-state index in [-0.39, 0.29) is 11.7 Å². The summed E-state index contributed by atoms with van der Waals surface area (Å²) in [5.41, 5.74) is 2.24. The smallest absolute Gasteiger partial charge is 0.274 e. The van der Waals surface area contributed by atoms with Crippen molar-refractivity contribution in [1.29, 1.82) is 0 Å². The highest BCUT2D eigenvalue weighted by molar-refractivity contribution is 6.02. The van der Waals surface area contributed by atoms with Crippen LogP contribution in [0.15, 0.2) is 36.5 Å². The van der Waals surface area contributed by atoms with Gasteiger partial charge in [0.2, 0.25) is 0 Å². The lowest BCUT2D eigenvalue weighted by atomic mass is 10.2. The first kappa shape index (κ1) is 15.0. The number of aryl methyl sites for hydroxylation is 1. The van der Waals surface area contributed by atoms with Crippen LogP contribution >= 0.6 is 0 Å². The molecule has 0 aliphatic carbocycles. The molecule has 0 radical (unpaired) electrons. The van der Waals surface area contributed by atoms with Gasteiger partial charge in [0.05, 0.1) is 11.9 Å². The molecule has 0 bridgehead atoms. The van der Waals surface area contributed by atoms with Crippen molar-refractivity contribution in [1.82, 2.24) is 4.98 Å². The summed E-state index contributed by atoms with van der Waals surface area (Å²) in [4.78, 5) is 16.2. The summed E-state index contributed by atoms with van der Waals surface area (Å²) in [7, 11) is 0. The van der Waals surface area contributed by atoms with Gasteiger partial charge in [0.15, 0.2) is 0 Å². The maximum absolute atomic E-state index is 13.2. The number of nitrogens with one attached hydrogen (secondary N) is 2. The third kappa shape index (κ3) is 4.02. The number of hydrogen-bond donors (Lipinski definition) is 2. The maximum atomic E-state index is 13.2. The average Bonchev–Trinajstić information content (AvgIpc) is 2.49. The Hall–Kier alpha value is -2.43. The number of pyridine rings is 1. The first-order valence-electron chi connectivity index (χ1n) is 6.87. The van der Waals surface area contributed by atoms with Crippen molar-refractivity contribution in [3.8, 4) is 0 Å². The summed E-state index contributed by atoms with van der Waals surface area (Å²) in [6.07, 6.45) is 2.65. The van der Waals surface area contributed by atoms with Gasteiger partial charge in [-0.05, 0) is 49.2 Å². The molecule has 0 aliphatic rings. The van der Waals surface area contributed by atoms with Crippen molar-refractivity contribution < 1.29 is 9.18 Å². The Kier molecular flexibility index (Phi) is 4.87. The molecule has 0 unspecified atom stereocenters. The lowest BCUT2D eigenvalue weighted by Crippen LogP contribution is -2.14. The van der Waals surface area contributed by atoms with E-state index in [2.05, 4.69) is 22.5 Å². The van der Waals surface area contributed by atoms with Crippen LogP contribution in [0.2, 0.25) is 0 Å². The molecule has 110 valence electrons. The van der Waals surface area contributed by atoms with Crippen LogP contribution in [0, 0.1) is 12.7 Å². The zero-order valence-corrected chi connectivity index (χ0v) is 12.1. The van der Waals surface area contributed by atoms with Gasteiger partial charge in [-0.1, -0.05) is 6.92 Å². The van der Waals surface area contributed by atoms with E-state index in [0.717, 1.165) is 18.7 Å². The van der Waals surface area contributed by atoms with Gasteiger partial charge in [-0.3, -0.25) is 4.79 Å². The van der Waals surface area contributed by atoms with Crippen LogP contribution in [0.5, 0.6) is 0 Å². The number of amides is 1. The fraction of sp³-hybridized carbons (Fsp3) is 0.250. The van der Waals surface area contributed by atoms with Crippen LogP contribution in [0.25, 0.3) is 0 Å². The Morgan fingerprint density at radius 3 is 2.62 bits per heavy atom. The molecule has 0 fully saturated rings. The van der Waals surface area contributed by atoms with E-state index in [9.17, 15) is 9.18 Å². The molecule has 4 nitrogen and oxygen atoms in total. The molecule has 5 heteroatoms. The van der Waals surface area contributed by atoms with Gasteiger partial charge in [-0.25, -0.2) is 9.37 Å². The zero-order valence-electron chi connectivity index (χ0n) is 12.1. The van der Waals surface area contributed by atoms with Gasteiger partial charge < -0.3 is 10.6 Å². The standard InChI is InChI=1S/C16H18FN3O/c1-3-8-18-13-5-7-15(19-10-13)16(21)20-12-4-6-14(17)11(2)9-12/h4-7,9-10,18H,3,8H2,1-2H3,(H,20,21). The number of carbonyl (C=O) groups excluding carboxylic acids is 1. The molecule has 0 atom stereocenters. The van der Waals surface area contributed by atoms with Crippen molar-refractivity contribution in [3.05, 3.63) is 53.6 Å². The molecule has 2 rings (SSSR count). The molecule has 1 amide bonds. The summed E-state index contributed by atoms with van der Waals surface area (Å²) in [6.45, 7) is 4.59. The first-order valence-corrected chi connectivity index (χ1v) is 6.87. The highest BCUT2D eigenvalue weighted by atomic mass is 19.1. The molecule has 1 heterocycles. The number of nitrogens with zero attached hydrogens (tertiary/aromatic N) is 1. The number of anilines is 2. The van der Waals surface area contributed by atoms with Gasteiger partial charge in [-0.2, -0.15) is 0 Å². The van der Waals surface area contributed by atoms with Crippen LogP contribution in [0.1, 0.15) is 29.4 Å². The van der Waals surface area contributed by atoms with Gasteiger partial charge >= 0.3 is 0 Å². The van der Waals surface area contributed by atoms with Crippen LogP contribution in [0.3, 0.4) is 0 Å². The second-order valence-electron chi connectivity index (χ2n) is 4.78. The molecular formula is C16H18FN3O. The fourth-order valence-electron chi connectivity index (χ4n) is 1.82. The number of carbonyl (C=O) groups is 1. The predicted molar refractivity (Wildman–Crippen MR) is 82.1 cm³/mol. The van der Waals surface area contributed by atoms with Gasteiger partial charge in [0, 0.05) is 12.2 Å². The Balaban J connectivity index is 2.04. The fourth-order valence-corrected chi connectivity index (χ4v) is 1.82. The molecule has 0 saturated heterocycles. The normalized spacial score (nSPS) is 10.2. The van der Waals surface area contributed by atoms with E-state index in [0.29, 0.717) is 16.9 Å². The van der Waals surface area contributed by atoms with E-state index in [1.165, 1.54) is 12.1 Å². The molecular weight excluding hydrogens is 269 g/mol. The van der Waals surface area contributed by atoms with Crippen LogP contribution < -0.4 is 10.6 Å². The largest absolute Gasteiger partial charge is 0.384 e. The van der Waals surface area contributed by atoms with Crippen LogP contribution in [-0.4, -0.2) is 17.4 Å². The Morgan fingerprint density at radius 2 is 2.00 bits per heavy atom. The number of aromatic nitrogens is 1. The number of halogens is 1. The van der Waals surface area contributed by atoms with Gasteiger partial charge in [0.1, 0.15) is 11.5 Å². The monoisotopic (exact) mass is 287 g/mol. The lowest BCUT2D eigenvalue weighted by Gasteiger charge is -2.07. The summed E-state index contributed by atoms with van der Waals surface area (Å²) in [5.74, 6) is -0.611. The molecule has 1 aromatic heterocycles. The van der Waals surface area contributed by atoms with E-state index in [1.54, 1.807) is 25.3 Å². The topological polar surface area (TPSA) is 54.0 Å². The van der Waals surface area contributed by atoms with E-state index in [4.69, 9.17) is 0 Å². The summed E-state index contributed by atoms with van der Waals surface area (Å²) >= 11 is 0. The second-order valence-corrected chi connectivity index (χ2v) is 4.78. The maximum Gasteiger partial charge on any atom is 0.274 e.